The molecule has 1 amide bonds. The molecule has 5 nitrogen and oxygen atoms in total. The molecule has 1 aromatic heterocycles. The Balaban J connectivity index is 2.10. The van der Waals surface area contributed by atoms with Crippen molar-refractivity contribution in [3.63, 3.8) is 0 Å². The fourth-order valence-corrected chi connectivity index (χ4v) is 3.22. The standard InChI is InChI=1S/C17H21N3O2S/c1-3-18-17-20(4-2)15(21)12-14(23-17)16(22)19-11-10-13-8-6-5-7-9-13/h5-9,12H,3-4,10-11H2,1-2H3,(H,19,22). The molecule has 0 radical (unpaired) electrons. The first-order valence-corrected chi connectivity index (χ1v) is 8.55. The number of hydrogen-bond donors (Lipinski definition) is 1. The van der Waals surface area contributed by atoms with Crippen molar-refractivity contribution in [2.45, 2.75) is 26.8 Å². The van der Waals surface area contributed by atoms with Gasteiger partial charge in [0, 0.05) is 25.7 Å². The number of hydrogen-bond acceptors (Lipinski definition) is 4. The lowest BCUT2D eigenvalue weighted by Gasteiger charge is -2.07. The number of nitrogens with one attached hydrogen (secondary N) is 1. The van der Waals surface area contributed by atoms with Crippen LogP contribution < -0.4 is 15.7 Å². The molecule has 1 aromatic carbocycles. The second kappa shape index (κ2) is 8.43. The largest absolute Gasteiger partial charge is 0.351 e. The average Bonchev–Trinajstić information content (AvgIpc) is 2.56. The number of carbonyl (C=O) groups excluding carboxylic acids is 1. The molecule has 0 bridgehead atoms. The first kappa shape index (κ1) is 17.1. The van der Waals surface area contributed by atoms with Gasteiger partial charge in [-0.15, -0.1) is 0 Å². The highest BCUT2D eigenvalue weighted by molar-refractivity contribution is 7.11. The van der Waals surface area contributed by atoms with Crippen LogP contribution in [0.4, 0.5) is 0 Å². The van der Waals surface area contributed by atoms with Crippen LogP contribution in [0, 0.1) is 0 Å². The third kappa shape index (κ3) is 4.63. The van der Waals surface area contributed by atoms with Gasteiger partial charge >= 0.3 is 0 Å². The SMILES string of the molecule is CCN=c1sc(C(=O)NCCc2ccccc2)cc(=O)n1CC. The molecule has 0 atom stereocenters. The summed E-state index contributed by atoms with van der Waals surface area (Å²) in [5, 5.41) is 2.86. The van der Waals surface area contributed by atoms with E-state index in [-0.39, 0.29) is 11.5 Å². The molecule has 6 heteroatoms. The maximum Gasteiger partial charge on any atom is 0.261 e. The van der Waals surface area contributed by atoms with E-state index in [2.05, 4.69) is 10.3 Å². The topological polar surface area (TPSA) is 63.5 Å². The lowest BCUT2D eigenvalue weighted by atomic mass is 10.1. The Morgan fingerprint density at radius 1 is 1.26 bits per heavy atom. The van der Waals surface area contributed by atoms with Gasteiger partial charge in [-0.3, -0.25) is 19.1 Å². The molecule has 23 heavy (non-hydrogen) atoms. The zero-order valence-electron chi connectivity index (χ0n) is 13.4. The Morgan fingerprint density at radius 2 is 2.00 bits per heavy atom. The Kier molecular flexibility index (Phi) is 6.29. The van der Waals surface area contributed by atoms with Crippen LogP contribution in [0.1, 0.15) is 29.1 Å². The van der Waals surface area contributed by atoms with Gasteiger partial charge in [0.2, 0.25) is 0 Å². The number of rotatable bonds is 6. The summed E-state index contributed by atoms with van der Waals surface area (Å²) in [4.78, 5) is 29.7. The minimum Gasteiger partial charge on any atom is -0.351 e. The molecule has 2 rings (SSSR count). The number of aromatic nitrogens is 1. The summed E-state index contributed by atoms with van der Waals surface area (Å²) in [6.07, 6.45) is 0.759. The minimum atomic E-state index is -0.223. The average molecular weight is 331 g/mol. The number of benzene rings is 1. The molecule has 0 saturated carbocycles. The van der Waals surface area contributed by atoms with Crippen LogP contribution in [0.15, 0.2) is 46.2 Å². The Hall–Kier alpha value is -2.21. The molecule has 0 unspecified atom stereocenters. The van der Waals surface area contributed by atoms with E-state index in [0.717, 1.165) is 6.42 Å². The summed E-state index contributed by atoms with van der Waals surface area (Å²) in [5.41, 5.74) is 0.978. The van der Waals surface area contributed by atoms with Gasteiger partial charge in [-0.25, -0.2) is 0 Å². The Bertz CT molecular complexity index is 778. The van der Waals surface area contributed by atoms with Gasteiger partial charge in [-0.1, -0.05) is 41.7 Å². The van der Waals surface area contributed by atoms with Crippen molar-refractivity contribution >= 4 is 17.2 Å². The molecule has 0 aliphatic heterocycles. The minimum absolute atomic E-state index is 0.188. The van der Waals surface area contributed by atoms with Gasteiger partial charge in [0.25, 0.3) is 11.5 Å². The smallest absolute Gasteiger partial charge is 0.261 e. The van der Waals surface area contributed by atoms with Crippen LogP contribution in [0.2, 0.25) is 0 Å². The molecule has 1 heterocycles. The molecule has 0 aliphatic rings. The second-order valence-electron chi connectivity index (χ2n) is 4.94. The lowest BCUT2D eigenvalue weighted by Crippen LogP contribution is -2.34. The van der Waals surface area contributed by atoms with Crippen molar-refractivity contribution in [2.24, 2.45) is 4.99 Å². The molecule has 2 aromatic rings. The molecule has 0 saturated heterocycles. The van der Waals surface area contributed by atoms with Crippen molar-refractivity contribution in [2.75, 3.05) is 13.1 Å². The van der Waals surface area contributed by atoms with Crippen LogP contribution in [-0.2, 0) is 13.0 Å². The quantitative estimate of drug-likeness (QED) is 0.877. The second-order valence-corrected chi connectivity index (χ2v) is 5.95. The van der Waals surface area contributed by atoms with E-state index in [1.807, 2.05) is 44.2 Å². The van der Waals surface area contributed by atoms with E-state index in [9.17, 15) is 9.59 Å². The number of amides is 1. The maximum atomic E-state index is 12.3. The van der Waals surface area contributed by atoms with Crippen molar-refractivity contribution in [1.82, 2.24) is 9.88 Å². The van der Waals surface area contributed by atoms with Crippen molar-refractivity contribution in [1.29, 1.82) is 0 Å². The van der Waals surface area contributed by atoms with Crippen molar-refractivity contribution in [3.05, 3.63) is 62.0 Å². The molecule has 122 valence electrons. The fraction of sp³-hybridized carbons (Fsp3) is 0.353. The molecule has 0 spiro atoms. The van der Waals surface area contributed by atoms with Gasteiger partial charge in [0.05, 0.1) is 0 Å². The zero-order chi connectivity index (χ0) is 16.7. The van der Waals surface area contributed by atoms with Gasteiger partial charge in [0.15, 0.2) is 4.80 Å². The van der Waals surface area contributed by atoms with Crippen LogP contribution in [-0.4, -0.2) is 23.6 Å². The third-order valence-corrected chi connectivity index (χ3v) is 4.38. The van der Waals surface area contributed by atoms with Gasteiger partial charge in [0.1, 0.15) is 4.88 Å². The summed E-state index contributed by atoms with van der Waals surface area (Å²) < 4.78 is 1.58. The Labute approximate surface area is 139 Å². The van der Waals surface area contributed by atoms with Gasteiger partial charge in [-0.2, -0.15) is 0 Å². The van der Waals surface area contributed by atoms with Crippen molar-refractivity contribution < 1.29 is 4.79 Å². The Morgan fingerprint density at radius 3 is 2.65 bits per heavy atom. The normalized spacial score (nSPS) is 11.5. The van der Waals surface area contributed by atoms with E-state index in [1.54, 1.807) is 4.57 Å². The summed E-state index contributed by atoms with van der Waals surface area (Å²) in [6, 6.07) is 11.3. The summed E-state index contributed by atoms with van der Waals surface area (Å²) in [5.74, 6) is -0.223. The van der Waals surface area contributed by atoms with Crippen LogP contribution in [0.25, 0.3) is 0 Å². The third-order valence-electron chi connectivity index (χ3n) is 3.33. The van der Waals surface area contributed by atoms with Crippen LogP contribution in [0.5, 0.6) is 0 Å². The first-order chi connectivity index (χ1) is 11.2. The van der Waals surface area contributed by atoms with E-state index >= 15 is 0 Å². The molecular weight excluding hydrogens is 310 g/mol. The lowest BCUT2D eigenvalue weighted by molar-refractivity contribution is 0.0958. The maximum absolute atomic E-state index is 12.3. The number of carbonyl (C=O) groups is 1. The van der Waals surface area contributed by atoms with Crippen LogP contribution >= 0.6 is 11.3 Å². The zero-order valence-corrected chi connectivity index (χ0v) is 14.2. The van der Waals surface area contributed by atoms with E-state index in [0.29, 0.717) is 29.3 Å². The highest BCUT2D eigenvalue weighted by Crippen LogP contribution is 2.01. The first-order valence-electron chi connectivity index (χ1n) is 7.73. The molecule has 0 fully saturated rings. The highest BCUT2D eigenvalue weighted by atomic mass is 32.1. The summed E-state index contributed by atoms with van der Waals surface area (Å²) >= 11 is 1.25. The fourth-order valence-electron chi connectivity index (χ4n) is 2.18. The van der Waals surface area contributed by atoms with Crippen LogP contribution in [0.3, 0.4) is 0 Å². The number of nitrogens with zero attached hydrogens (tertiary/aromatic N) is 2. The van der Waals surface area contributed by atoms with E-state index in [1.165, 1.54) is 23.0 Å². The van der Waals surface area contributed by atoms with Crippen molar-refractivity contribution in [3.8, 4) is 0 Å². The highest BCUT2D eigenvalue weighted by Gasteiger charge is 2.10. The molecule has 0 aliphatic carbocycles. The van der Waals surface area contributed by atoms with Gasteiger partial charge < -0.3 is 5.32 Å². The molecule has 1 N–H and O–H groups in total. The summed E-state index contributed by atoms with van der Waals surface area (Å²) in [7, 11) is 0. The predicted octanol–water partition coefficient (Wildman–Crippen LogP) is 1.82. The van der Waals surface area contributed by atoms with E-state index in [4.69, 9.17) is 0 Å². The van der Waals surface area contributed by atoms with E-state index < -0.39 is 0 Å². The van der Waals surface area contributed by atoms with Gasteiger partial charge in [-0.05, 0) is 25.8 Å². The molecular formula is C17H21N3O2S. The monoisotopic (exact) mass is 331 g/mol. The predicted molar refractivity (Wildman–Crippen MR) is 92.8 cm³/mol. The summed E-state index contributed by atoms with van der Waals surface area (Å²) in [6.45, 7) is 5.46.